The number of rotatable bonds is 6. The van der Waals surface area contributed by atoms with Crippen molar-refractivity contribution in [3.8, 4) is 0 Å². The lowest BCUT2D eigenvalue weighted by atomic mass is 10.2. The van der Waals surface area contributed by atoms with E-state index in [0.717, 1.165) is 4.57 Å². The summed E-state index contributed by atoms with van der Waals surface area (Å²) < 4.78 is 6.50. The standard InChI is InChI=1S/C10H15BrN2O6/c1-5(19-8(4-15)7(16)3-14)13-2-6(11)9(17)12-10(13)18/h2,5,7-8,14-16H,3-4H2,1H3,(H,12,17,18)/t5?,7-,8-/m1/s1. The maximum absolute atomic E-state index is 11.6. The molecule has 1 aromatic rings. The molecule has 0 amide bonds. The molecule has 0 aromatic carbocycles. The molecule has 1 heterocycles. The van der Waals surface area contributed by atoms with Gasteiger partial charge in [0.1, 0.15) is 18.4 Å². The van der Waals surface area contributed by atoms with Gasteiger partial charge in [-0.3, -0.25) is 14.3 Å². The maximum atomic E-state index is 11.6. The largest absolute Gasteiger partial charge is 0.394 e. The van der Waals surface area contributed by atoms with Gasteiger partial charge >= 0.3 is 5.69 Å². The summed E-state index contributed by atoms with van der Waals surface area (Å²) >= 11 is 2.98. The minimum absolute atomic E-state index is 0.144. The first kappa shape index (κ1) is 16.1. The van der Waals surface area contributed by atoms with Crippen molar-refractivity contribution in [1.29, 1.82) is 0 Å². The molecule has 108 valence electrons. The average Bonchev–Trinajstić information content (AvgIpc) is 2.38. The summed E-state index contributed by atoms with van der Waals surface area (Å²) in [5.74, 6) is 0. The van der Waals surface area contributed by atoms with Crippen LogP contribution in [0.1, 0.15) is 13.2 Å². The average molecular weight is 339 g/mol. The highest BCUT2D eigenvalue weighted by atomic mass is 79.9. The van der Waals surface area contributed by atoms with Gasteiger partial charge in [0.25, 0.3) is 5.56 Å². The molecule has 1 unspecified atom stereocenters. The van der Waals surface area contributed by atoms with Crippen LogP contribution >= 0.6 is 15.9 Å². The molecule has 0 saturated heterocycles. The zero-order valence-corrected chi connectivity index (χ0v) is 11.7. The molecule has 0 spiro atoms. The summed E-state index contributed by atoms with van der Waals surface area (Å²) in [6.45, 7) is 0.395. The zero-order chi connectivity index (χ0) is 14.6. The topological polar surface area (TPSA) is 125 Å². The molecule has 4 N–H and O–H groups in total. The summed E-state index contributed by atoms with van der Waals surface area (Å²) in [5.41, 5.74) is -1.25. The van der Waals surface area contributed by atoms with E-state index in [2.05, 4.69) is 20.9 Å². The lowest BCUT2D eigenvalue weighted by Gasteiger charge is -2.24. The van der Waals surface area contributed by atoms with Crippen molar-refractivity contribution in [2.45, 2.75) is 25.4 Å². The first-order valence-corrected chi connectivity index (χ1v) is 6.26. The van der Waals surface area contributed by atoms with E-state index in [1.807, 2.05) is 0 Å². The van der Waals surface area contributed by atoms with Crippen LogP contribution in [-0.4, -0.2) is 50.3 Å². The van der Waals surface area contributed by atoms with Gasteiger partial charge < -0.3 is 20.1 Å². The fraction of sp³-hybridized carbons (Fsp3) is 0.600. The lowest BCUT2D eigenvalue weighted by Crippen LogP contribution is -2.39. The van der Waals surface area contributed by atoms with Crippen molar-refractivity contribution in [2.24, 2.45) is 0 Å². The molecule has 0 aliphatic heterocycles. The highest BCUT2D eigenvalue weighted by Gasteiger charge is 2.22. The van der Waals surface area contributed by atoms with E-state index in [9.17, 15) is 14.7 Å². The molecule has 0 aliphatic carbocycles. The summed E-state index contributed by atoms with van der Waals surface area (Å²) in [6.07, 6.45) is -1.92. The molecule has 0 radical (unpaired) electrons. The first-order chi connectivity index (χ1) is 8.90. The smallest absolute Gasteiger partial charge is 0.330 e. The SMILES string of the molecule is CC(O[C@H](CO)[C@H](O)CO)n1cc(Br)c(=O)[nH]c1=O. The Labute approximate surface area is 116 Å². The Morgan fingerprint density at radius 1 is 1.42 bits per heavy atom. The lowest BCUT2D eigenvalue weighted by molar-refractivity contribution is -0.127. The third-order valence-electron chi connectivity index (χ3n) is 2.48. The van der Waals surface area contributed by atoms with Gasteiger partial charge in [-0.15, -0.1) is 0 Å². The molecule has 1 rings (SSSR count). The van der Waals surface area contributed by atoms with Gasteiger partial charge in [0.15, 0.2) is 0 Å². The molecule has 19 heavy (non-hydrogen) atoms. The minimum Gasteiger partial charge on any atom is -0.394 e. The van der Waals surface area contributed by atoms with Gasteiger partial charge in [-0.05, 0) is 22.9 Å². The maximum Gasteiger partial charge on any atom is 0.330 e. The van der Waals surface area contributed by atoms with Gasteiger partial charge in [0.2, 0.25) is 0 Å². The zero-order valence-electron chi connectivity index (χ0n) is 10.1. The molecule has 9 heteroatoms. The van der Waals surface area contributed by atoms with E-state index >= 15 is 0 Å². The number of nitrogens with one attached hydrogen (secondary N) is 1. The fourth-order valence-electron chi connectivity index (χ4n) is 1.42. The second-order valence-electron chi connectivity index (χ2n) is 3.85. The van der Waals surface area contributed by atoms with Gasteiger partial charge in [0, 0.05) is 6.20 Å². The van der Waals surface area contributed by atoms with Gasteiger partial charge in [0.05, 0.1) is 17.7 Å². The van der Waals surface area contributed by atoms with Crippen LogP contribution in [0.5, 0.6) is 0 Å². The Morgan fingerprint density at radius 2 is 2.05 bits per heavy atom. The molecule has 0 fully saturated rings. The van der Waals surface area contributed by atoms with Crippen LogP contribution in [0.25, 0.3) is 0 Å². The van der Waals surface area contributed by atoms with Crippen LogP contribution in [0.2, 0.25) is 0 Å². The third kappa shape index (κ3) is 3.98. The number of ether oxygens (including phenoxy) is 1. The van der Waals surface area contributed by atoms with Crippen molar-refractivity contribution in [3.63, 3.8) is 0 Å². The summed E-state index contributed by atoms with van der Waals surface area (Å²) in [4.78, 5) is 24.8. The summed E-state index contributed by atoms with van der Waals surface area (Å²) in [6, 6.07) is 0. The molecule has 1 aromatic heterocycles. The Kier molecular flexibility index (Phi) is 5.88. The Hall–Kier alpha value is -1.00. The Bertz CT molecular complexity index is 527. The summed E-state index contributed by atoms with van der Waals surface area (Å²) in [7, 11) is 0. The summed E-state index contributed by atoms with van der Waals surface area (Å²) in [5, 5.41) is 27.2. The van der Waals surface area contributed by atoms with Crippen LogP contribution in [0, 0.1) is 0 Å². The van der Waals surface area contributed by atoms with Crippen molar-refractivity contribution in [3.05, 3.63) is 31.5 Å². The van der Waals surface area contributed by atoms with Gasteiger partial charge in [-0.1, -0.05) is 0 Å². The van der Waals surface area contributed by atoms with E-state index in [4.69, 9.17) is 14.9 Å². The second kappa shape index (κ2) is 6.96. The number of aromatic amines is 1. The Balaban J connectivity index is 2.95. The van der Waals surface area contributed by atoms with Crippen LogP contribution in [-0.2, 0) is 4.74 Å². The predicted molar refractivity (Wildman–Crippen MR) is 68.8 cm³/mol. The van der Waals surface area contributed by atoms with Crippen LogP contribution in [0.4, 0.5) is 0 Å². The quantitative estimate of drug-likeness (QED) is 0.503. The van der Waals surface area contributed by atoms with Crippen LogP contribution < -0.4 is 11.2 Å². The van der Waals surface area contributed by atoms with Crippen molar-refractivity contribution in [1.82, 2.24) is 9.55 Å². The van der Waals surface area contributed by atoms with Crippen molar-refractivity contribution >= 4 is 15.9 Å². The third-order valence-corrected chi connectivity index (χ3v) is 3.05. The number of H-pyrrole nitrogens is 1. The van der Waals surface area contributed by atoms with Crippen LogP contribution in [0.3, 0.4) is 0 Å². The highest BCUT2D eigenvalue weighted by molar-refractivity contribution is 9.10. The number of aliphatic hydroxyl groups is 3. The van der Waals surface area contributed by atoms with Crippen molar-refractivity contribution in [2.75, 3.05) is 13.2 Å². The normalized spacial score (nSPS) is 16.1. The highest BCUT2D eigenvalue weighted by Crippen LogP contribution is 2.12. The monoisotopic (exact) mass is 338 g/mol. The first-order valence-electron chi connectivity index (χ1n) is 5.47. The molecular weight excluding hydrogens is 324 g/mol. The number of aliphatic hydroxyl groups excluding tert-OH is 3. The molecule has 8 nitrogen and oxygen atoms in total. The Morgan fingerprint density at radius 3 is 2.58 bits per heavy atom. The number of hydrogen-bond acceptors (Lipinski definition) is 6. The van der Waals surface area contributed by atoms with E-state index in [1.165, 1.54) is 13.1 Å². The molecule has 3 atom stereocenters. The van der Waals surface area contributed by atoms with Gasteiger partial charge in [-0.25, -0.2) is 4.79 Å². The van der Waals surface area contributed by atoms with E-state index < -0.39 is 42.9 Å². The molecule has 0 saturated carbocycles. The van der Waals surface area contributed by atoms with E-state index in [-0.39, 0.29) is 4.47 Å². The fourth-order valence-corrected chi connectivity index (χ4v) is 1.74. The van der Waals surface area contributed by atoms with Crippen molar-refractivity contribution < 1.29 is 20.1 Å². The number of nitrogens with zero attached hydrogens (tertiary/aromatic N) is 1. The van der Waals surface area contributed by atoms with E-state index in [0.29, 0.717) is 0 Å². The number of aromatic nitrogens is 2. The van der Waals surface area contributed by atoms with Crippen LogP contribution in [0.15, 0.2) is 20.3 Å². The van der Waals surface area contributed by atoms with E-state index in [1.54, 1.807) is 0 Å². The second-order valence-corrected chi connectivity index (χ2v) is 4.70. The number of hydrogen-bond donors (Lipinski definition) is 4. The molecular formula is C10H15BrN2O6. The minimum atomic E-state index is -1.27. The molecule has 0 bridgehead atoms. The predicted octanol–water partition coefficient (Wildman–Crippen LogP) is -1.45. The van der Waals surface area contributed by atoms with Gasteiger partial charge in [-0.2, -0.15) is 0 Å². The number of halogens is 1. The molecule has 0 aliphatic rings.